The van der Waals surface area contributed by atoms with Crippen molar-refractivity contribution in [3.05, 3.63) is 0 Å². The van der Waals surface area contributed by atoms with E-state index in [0.29, 0.717) is 0 Å². The Morgan fingerprint density at radius 1 is 0.875 bits per heavy atom. The van der Waals surface area contributed by atoms with Gasteiger partial charge < -0.3 is 19.5 Å². The highest BCUT2D eigenvalue weighted by atomic mass is 16.7. The zero-order valence-electron chi connectivity index (χ0n) is 22.0. The molecule has 0 aromatic heterocycles. The molecule has 0 aromatic rings. The van der Waals surface area contributed by atoms with Crippen molar-refractivity contribution in [2.45, 2.75) is 113 Å². The molecule has 8 nitrogen and oxygen atoms in total. The lowest BCUT2D eigenvalue weighted by molar-refractivity contribution is -0.171. The molecule has 0 aromatic carbocycles. The van der Waals surface area contributed by atoms with Gasteiger partial charge in [-0.1, -0.05) is 54.9 Å². The maximum absolute atomic E-state index is 12.6. The Bertz CT molecular complexity index is 618. The first-order valence-corrected chi connectivity index (χ1v) is 11.3. The average Bonchev–Trinajstić information content (AvgIpc) is 2.59. The normalized spacial score (nSPS) is 12.6. The number of carbonyl (C=O) groups is 4. The van der Waals surface area contributed by atoms with Crippen LogP contribution >= 0.6 is 0 Å². The summed E-state index contributed by atoms with van der Waals surface area (Å²) in [5, 5.41) is 2.58. The molecule has 0 spiro atoms. The Labute approximate surface area is 194 Å². The number of amides is 1. The number of hydrogen-bond donors (Lipinski definition) is 1. The van der Waals surface area contributed by atoms with Crippen LogP contribution in [0.5, 0.6) is 0 Å². The first kappa shape index (κ1) is 32.1. The van der Waals surface area contributed by atoms with E-state index in [9.17, 15) is 19.2 Å². The summed E-state index contributed by atoms with van der Waals surface area (Å²) in [6, 6.07) is -1.24. The predicted molar refractivity (Wildman–Crippen MR) is 124 cm³/mol. The summed E-state index contributed by atoms with van der Waals surface area (Å²) in [5.74, 6) is -2.51. The number of ether oxygens (including phenoxy) is 3. The molecule has 0 heterocycles. The van der Waals surface area contributed by atoms with Gasteiger partial charge in [-0.3, -0.25) is 14.4 Å². The Morgan fingerprint density at radius 3 is 1.84 bits per heavy atom. The molecule has 0 aliphatic heterocycles. The van der Waals surface area contributed by atoms with E-state index in [0.717, 1.165) is 12.8 Å². The summed E-state index contributed by atoms with van der Waals surface area (Å²) < 4.78 is 14.7. The molecule has 1 unspecified atom stereocenters. The highest BCUT2D eigenvalue weighted by molar-refractivity contribution is 5.88. The number of hydrogen-bond acceptors (Lipinski definition) is 7. The fourth-order valence-corrected chi connectivity index (χ4v) is 3.18. The van der Waals surface area contributed by atoms with Gasteiger partial charge in [-0.25, -0.2) is 4.79 Å². The van der Waals surface area contributed by atoms with Crippen LogP contribution in [0.3, 0.4) is 0 Å². The minimum absolute atomic E-state index is 0.0721. The molecule has 1 atom stereocenters. The second-order valence-corrected chi connectivity index (χ2v) is 10.2. The van der Waals surface area contributed by atoms with E-state index in [-0.39, 0.29) is 29.6 Å². The van der Waals surface area contributed by atoms with Crippen molar-refractivity contribution in [2.24, 2.45) is 10.8 Å². The lowest BCUT2D eigenvalue weighted by Crippen LogP contribution is -2.45. The van der Waals surface area contributed by atoms with Gasteiger partial charge in [0, 0.05) is 13.3 Å². The Balaban J connectivity index is 0. The third-order valence-corrected chi connectivity index (χ3v) is 4.43. The number of rotatable bonds is 11. The smallest absolute Gasteiger partial charge is 0.332 e. The lowest BCUT2D eigenvalue weighted by Gasteiger charge is -2.34. The molecule has 0 saturated heterocycles. The Morgan fingerprint density at radius 2 is 1.41 bits per heavy atom. The fraction of sp³-hybridized carbons (Fsp3) is 0.833. The number of nitrogens with one attached hydrogen (secondary N) is 1. The van der Waals surface area contributed by atoms with Gasteiger partial charge in [0.1, 0.15) is 11.6 Å². The third-order valence-electron chi connectivity index (χ3n) is 4.43. The van der Waals surface area contributed by atoms with Crippen LogP contribution in [0.25, 0.3) is 0 Å². The molecule has 0 saturated carbocycles. The van der Waals surface area contributed by atoms with Gasteiger partial charge in [0.15, 0.2) is 0 Å². The van der Waals surface area contributed by atoms with Gasteiger partial charge in [0.2, 0.25) is 12.7 Å². The topological polar surface area (TPSA) is 108 Å². The Kier molecular flexibility index (Phi) is 14.1. The molecule has 1 amide bonds. The van der Waals surface area contributed by atoms with Crippen molar-refractivity contribution < 1.29 is 33.4 Å². The molecule has 0 rings (SSSR count). The van der Waals surface area contributed by atoms with Crippen molar-refractivity contribution in [2.75, 3.05) is 6.79 Å². The van der Waals surface area contributed by atoms with Crippen molar-refractivity contribution >= 4 is 23.8 Å². The molecule has 32 heavy (non-hydrogen) atoms. The van der Waals surface area contributed by atoms with Gasteiger partial charge in [-0.15, -0.1) is 0 Å². The summed E-state index contributed by atoms with van der Waals surface area (Å²) in [6.07, 6.45) is 1.58. The lowest BCUT2D eigenvalue weighted by atomic mass is 9.72. The molecule has 0 radical (unpaired) electrons. The predicted octanol–water partition coefficient (Wildman–Crippen LogP) is 4.54. The molecular weight excluding hydrogens is 414 g/mol. The van der Waals surface area contributed by atoms with Gasteiger partial charge in [-0.05, 0) is 38.0 Å². The first-order chi connectivity index (χ1) is 14.5. The van der Waals surface area contributed by atoms with Crippen LogP contribution in [-0.2, 0) is 33.4 Å². The summed E-state index contributed by atoms with van der Waals surface area (Å²) in [6.45, 7) is 20.1. The van der Waals surface area contributed by atoms with Gasteiger partial charge >= 0.3 is 17.9 Å². The SMILES string of the molecule is CC.CCC(C)(C)CC(C)(C)CC(=O)NC(CC(=O)OC(C)(C)C)C(=O)OCOC(C)=O. The van der Waals surface area contributed by atoms with Gasteiger partial charge in [0.25, 0.3) is 0 Å². The van der Waals surface area contributed by atoms with Crippen LogP contribution < -0.4 is 5.32 Å². The van der Waals surface area contributed by atoms with Crippen LogP contribution in [0.15, 0.2) is 0 Å². The van der Waals surface area contributed by atoms with E-state index in [4.69, 9.17) is 9.47 Å². The molecule has 188 valence electrons. The number of esters is 3. The molecule has 0 aliphatic carbocycles. The maximum atomic E-state index is 12.6. The molecule has 1 N–H and O–H groups in total. The highest BCUT2D eigenvalue weighted by Gasteiger charge is 2.33. The first-order valence-electron chi connectivity index (χ1n) is 11.3. The standard InChI is InChI=1S/C22H39NO7.C2H6/c1-10-21(6,7)13-22(8,9)12-17(25)23-16(11-18(26)30-20(3,4)5)19(27)29-14-28-15(2)24;1-2/h16H,10-14H2,1-9H3,(H,23,25);1-2H3. The summed E-state index contributed by atoms with van der Waals surface area (Å²) in [4.78, 5) is 48.0. The van der Waals surface area contributed by atoms with E-state index in [1.165, 1.54) is 6.92 Å². The van der Waals surface area contributed by atoms with E-state index in [2.05, 4.69) is 30.8 Å². The van der Waals surface area contributed by atoms with E-state index in [1.54, 1.807) is 20.8 Å². The maximum Gasteiger partial charge on any atom is 0.332 e. The van der Waals surface area contributed by atoms with E-state index in [1.807, 2.05) is 27.7 Å². The monoisotopic (exact) mass is 459 g/mol. The summed E-state index contributed by atoms with van der Waals surface area (Å²) in [7, 11) is 0. The molecule has 0 bridgehead atoms. The minimum Gasteiger partial charge on any atom is -0.460 e. The van der Waals surface area contributed by atoms with Gasteiger partial charge in [0.05, 0.1) is 6.42 Å². The minimum atomic E-state index is -1.24. The van der Waals surface area contributed by atoms with Gasteiger partial charge in [-0.2, -0.15) is 0 Å². The van der Waals surface area contributed by atoms with Crippen molar-refractivity contribution in [3.63, 3.8) is 0 Å². The van der Waals surface area contributed by atoms with E-state index < -0.39 is 36.3 Å². The van der Waals surface area contributed by atoms with Crippen LogP contribution in [0.2, 0.25) is 0 Å². The molecular formula is C24H45NO7. The largest absolute Gasteiger partial charge is 0.460 e. The van der Waals surface area contributed by atoms with Crippen molar-refractivity contribution in [1.82, 2.24) is 5.32 Å². The molecule has 8 heteroatoms. The Hall–Kier alpha value is -2.12. The second-order valence-electron chi connectivity index (χ2n) is 10.2. The molecule has 0 aliphatic rings. The van der Waals surface area contributed by atoms with Crippen LogP contribution in [0, 0.1) is 10.8 Å². The van der Waals surface area contributed by atoms with Crippen LogP contribution in [0.4, 0.5) is 0 Å². The summed E-state index contributed by atoms with van der Waals surface area (Å²) >= 11 is 0. The van der Waals surface area contributed by atoms with Crippen LogP contribution in [-0.4, -0.2) is 42.3 Å². The average molecular weight is 460 g/mol. The van der Waals surface area contributed by atoms with Crippen LogP contribution in [0.1, 0.15) is 102 Å². The molecule has 0 fully saturated rings. The highest BCUT2D eigenvalue weighted by Crippen LogP contribution is 2.38. The number of carbonyl (C=O) groups excluding carboxylic acids is 4. The third kappa shape index (κ3) is 16.6. The quantitative estimate of drug-likeness (QED) is 0.357. The fourth-order valence-electron chi connectivity index (χ4n) is 3.18. The zero-order valence-corrected chi connectivity index (χ0v) is 22.0. The second kappa shape index (κ2) is 14.1. The van der Waals surface area contributed by atoms with Crippen molar-refractivity contribution in [1.29, 1.82) is 0 Å². The van der Waals surface area contributed by atoms with Crippen molar-refractivity contribution in [3.8, 4) is 0 Å². The van der Waals surface area contributed by atoms with E-state index >= 15 is 0 Å². The zero-order chi connectivity index (χ0) is 25.8. The summed E-state index contributed by atoms with van der Waals surface area (Å²) in [5.41, 5.74) is -0.967.